The zero-order chi connectivity index (χ0) is 21.8. The summed E-state index contributed by atoms with van der Waals surface area (Å²) in [7, 11) is 0. The molecule has 1 saturated heterocycles. The summed E-state index contributed by atoms with van der Waals surface area (Å²) in [5.41, 5.74) is 1.42. The highest BCUT2D eigenvalue weighted by atomic mass is 35.5. The second-order valence-electron chi connectivity index (χ2n) is 8.00. The van der Waals surface area contributed by atoms with E-state index in [2.05, 4.69) is 29.2 Å². The first kappa shape index (κ1) is 21.9. The van der Waals surface area contributed by atoms with E-state index in [0.717, 1.165) is 36.5 Å². The van der Waals surface area contributed by atoms with E-state index in [-0.39, 0.29) is 18.4 Å². The summed E-state index contributed by atoms with van der Waals surface area (Å²) in [4.78, 5) is 16.0. The lowest BCUT2D eigenvalue weighted by Gasteiger charge is -2.33. The maximum absolute atomic E-state index is 12.7. The molecule has 1 aromatic carbocycles. The normalized spacial score (nSPS) is 15.4. The Morgan fingerprint density at radius 3 is 2.81 bits per heavy atom. The van der Waals surface area contributed by atoms with Crippen molar-refractivity contribution >= 4 is 34.5 Å². The number of nitrogens with zero attached hydrogens (tertiary/aromatic N) is 2. The molecule has 0 atom stereocenters. The van der Waals surface area contributed by atoms with Crippen molar-refractivity contribution in [1.29, 1.82) is 0 Å². The van der Waals surface area contributed by atoms with Gasteiger partial charge in [0.1, 0.15) is 18.1 Å². The van der Waals surface area contributed by atoms with Crippen molar-refractivity contribution in [3.63, 3.8) is 0 Å². The Balaban J connectivity index is 1.30. The van der Waals surface area contributed by atoms with E-state index >= 15 is 0 Å². The van der Waals surface area contributed by atoms with Crippen molar-refractivity contribution in [3.05, 3.63) is 52.5 Å². The first-order chi connectivity index (χ1) is 15.0. The molecule has 0 saturated carbocycles. The number of nitrogens with one attached hydrogen (secondary N) is 1. The summed E-state index contributed by atoms with van der Waals surface area (Å²) in [6.45, 7) is 6.60. The Labute approximate surface area is 191 Å². The van der Waals surface area contributed by atoms with Gasteiger partial charge in [0.2, 0.25) is 5.91 Å². The van der Waals surface area contributed by atoms with Crippen molar-refractivity contribution in [2.24, 2.45) is 5.92 Å². The summed E-state index contributed by atoms with van der Waals surface area (Å²) in [6, 6.07) is 13.5. The van der Waals surface area contributed by atoms with Gasteiger partial charge >= 0.3 is 0 Å². The summed E-state index contributed by atoms with van der Waals surface area (Å²) < 4.78 is 11.9. The van der Waals surface area contributed by atoms with Crippen LogP contribution in [0.25, 0.3) is 10.6 Å². The molecule has 3 heterocycles. The number of benzene rings is 1. The second kappa shape index (κ2) is 9.85. The van der Waals surface area contributed by atoms with Crippen molar-refractivity contribution in [3.8, 4) is 16.4 Å². The molecule has 31 heavy (non-hydrogen) atoms. The van der Waals surface area contributed by atoms with Crippen LogP contribution in [0, 0.1) is 5.92 Å². The number of ether oxygens (including phenoxy) is 1. The molecule has 0 aliphatic carbocycles. The Kier molecular flexibility index (Phi) is 6.95. The second-order valence-corrected chi connectivity index (χ2v) is 9.71. The number of likely N-dealkylation sites (tertiary alicyclic amines) is 1. The highest BCUT2D eigenvalue weighted by Gasteiger charge is 2.26. The molecule has 3 aromatic rings. The summed E-state index contributed by atoms with van der Waals surface area (Å²) in [5, 5.41) is 7.10. The number of hydrogen-bond acceptors (Lipinski definition) is 6. The van der Waals surface area contributed by atoms with Crippen LogP contribution in [0.15, 0.2) is 47.0 Å². The lowest BCUT2D eigenvalue weighted by molar-refractivity contribution is -0.121. The molecule has 8 heteroatoms. The number of carbonyl (C=O) groups is 1. The molecule has 1 N–H and O–H groups in total. The van der Waals surface area contributed by atoms with Crippen LogP contribution in [0.5, 0.6) is 5.75 Å². The van der Waals surface area contributed by atoms with Crippen molar-refractivity contribution in [1.82, 2.24) is 10.1 Å². The standard InChI is InChI=1S/C23H26ClN3O3S/c1-15(2)27-10-8-16(9-11-27)23(28)25-17-4-3-5-19(12-17)29-14-18-13-20(30-26-18)21-6-7-22(24)31-21/h3-7,12-13,15-16H,8-11,14H2,1-2H3,(H,25,28). The molecular formula is C23H26ClN3O3S. The highest BCUT2D eigenvalue weighted by Crippen LogP contribution is 2.31. The molecule has 0 spiro atoms. The third-order valence-corrected chi connectivity index (χ3v) is 6.74. The number of amides is 1. The van der Waals surface area contributed by atoms with Gasteiger partial charge in [-0.2, -0.15) is 0 Å². The van der Waals surface area contributed by atoms with Crippen LogP contribution in [-0.2, 0) is 11.4 Å². The van der Waals surface area contributed by atoms with Gasteiger partial charge < -0.3 is 19.5 Å². The lowest BCUT2D eigenvalue weighted by Crippen LogP contribution is -2.41. The molecule has 4 rings (SSSR count). The van der Waals surface area contributed by atoms with Crippen molar-refractivity contribution in [2.75, 3.05) is 18.4 Å². The van der Waals surface area contributed by atoms with Gasteiger partial charge in [0.25, 0.3) is 0 Å². The van der Waals surface area contributed by atoms with Crippen LogP contribution < -0.4 is 10.1 Å². The summed E-state index contributed by atoms with van der Waals surface area (Å²) >= 11 is 7.41. The molecule has 1 aliphatic heterocycles. The van der Waals surface area contributed by atoms with Crippen LogP contribution in [0.3, 0.4) is 0 Å². The van der Waals surface area contributed by atoms with Crippen LogP contribution in [-0.4, -0.2) is 35.1 Å². The number of hydrogen-bond donors (Lipinski definition) is 1. The number of anilines is 1. The first-order valence-electron chi connectivity index (χ1n) is 10.5. The van der Waals surface area contributed by atoms with Crippen molar-refractivity contribution < 1.29 is 14.1 Å². The SMILES string of the molecule is CC(C)N1CCC(C(=O)Nc2cccc(OCc3cc(-c4ccc(Cl)s4)on3)c2)CC1. The number of halogens is 1. The van der Waals surface area contributed by atoms with Gasteiger partial charge in [-0.25, -0.2) is 0 Å². The van der Waals surface area contributed by atoms with E-state index in [1.807, 2.05) is 42.5 Å². The Bertz CT molecular complexity index is 1020. The molecule has 1 amide bonds. The Morgan fingerprint density at radius 1 is 1.29 bits per heavy atom. The minimum atomic E-state index is 0.0545. The van der Waals surface area contributed by atoms with E-state index in [1.54, 1.807) is 0 Å². The van der Waals surface area contributed by atoms with Gasteiger partial charge in [0, 0.05) is 29.8 Å². The lowest BCUT2D eigenvalue weighted by atomic mass is 9.95. The predicted molar refractivity (Wildman–Crippen MR) is 124 cm³/mol. The Morgan fingerprint density at radius 2 is 2.10 bits per heavy atom. The number of carbonyl (C=O) groups excluding carboxylic acids is 1. The monoisotopic (exact) mass is 459 g/mol. The molecule has 6 nitrogen and oxygen atoms in total. The van der Waals surface area contributed by atoms with Gasteiger partial charge in [-0.1, -0.05) is 22.8 Å². The van der Waals surface area contributed by atoms with Crippen LogP contribution >= 0.6 is 22.9 Å². The Hall–Kier alpha value is -2.35. The van der Waals surface area contributed by atoms with Gasteiger partial charge in [0.15, 0.2) is 5.76 Å². The van der Waals surface area contributed by atoms with Gasteiger partial charge in [-0.15, -0.1) is 11.3 Å². The van der Waals surface area contributed by atoms with Gasteiger partial charge in [-0.05, 0) is 64.0 Å². The smallest absolute Gasteiger partial charge is 0.227 e. The van der Waals surface area contributed by atoms with Crippen LogP contribution in [0.2, 0.25) is 4.34 Å². The molecule has 0 bridgehead atoms. The maximum Gasteiger partial charge on any atom is 0.227 e. The molecule has 164 valence electrons. The zero-order valence-electron chi connectivity index (χ0n) is 17.6. The minimum absolute atomic E-state index is 0.0545. The van der Waals surface area contributed by atoms with Gasteiger partial charge in [0.05, 0.1) is 9.21 Å². The largest absolute Gasteiger partial charge is 0.487 e. The quantitative estimate of drug-likeness (QED) is 0.491. The van der Waals surface area contributed by atoms with Crippen molar-refractivity contribution in [2.45, 2.75) is 39.3 Å². The number of thiophene rings is 1. The van der Waals surface area contributed by atoms with E-state index in [9.17, 15) is 4.79 Å². The third-order valence-electron chi connectivity index (χ3n) is 5.49. The topological polar surface area (TPSA) is 67.6 Å². The summed E-state index contributed by atoms with van der Waals surface area (Å²) in [5.74, 6) is 1.46. The van der Waals surface area contributed by atoms with E-state index in [0.29, 0.717) is 27.6 Å². The molecule has 1 aliphatic rings. The highest BCUT2D eigenvalue weighted by molar-refractivity contribution is 7.19. The first-order valence-corrected chi connectivity index (χ1v) is 11.7. The van der Waals surface area contributed by atoms with Crippen LogP contribution in [0.1, 0.15) is 32.4 Å². The van der Waals surface area contributed by atoms with E-state index < -0.39 is 0 Å². The fraction of sp³-hybridized carbons (Fsp3) is 0.391. The van der Waals surface area contributed by atoms with E-state index in [4.69, 9.17) is 20.9 Å². The molecular weight excluding hydrogens is 434 g/mol. The maximum atomic E-state index is 12.7. The minimum Gasteiger partial charge on any atom is -0.487 e. The summed E-state index contributed by atoms with van der Waals surface area (Å²) in [6.07, 6.45) is 1.79. The fourth-order valence-corrected chi connectivity index (χ4v) is 4.68. The molecule has 1 fully saturated rings. The molecule has 0 unspecified atom stereocenters. The molecule has 0 radical (unpaired) electrons. The number of rotatable bonds is 7. The number of aromatic nitrogens is 1. The number of piperidine rings is 1. The predicted octanol–water partition coefficient (Wildman–Crippen LogP) is 5.69. The molecule has 2 aromatic heterocycles. The third kappa shape index (κ3) is 5.67. The average Bonchev–Trinajstić information content (AvgIpc) is 3.41. The zero-order valence-corrected chi connectivity index (χ0v) is 19.2. The fourth-order valence-electron chi connectivity index (χ4n) is 3.69. The van der Waals surface area contributed by atoms with E-state index in [1.165, 1.54) is 11.3 Å². The van der Waals surface area contributed by atoms with Gasteiger partial charge in [-0.3, -0.25) is 4.79 Å². The average molecular weight is 460 g/mol. The van der Waals surface area contributed by atoms with Crippen LogP contribution in [0.4, 0.5) is 5.69 Å².